The van der Waals surface area contributed by atoms with E-state index in [0.29, 0.717) is 5.69 Å². The Hall–Kier alpha value is -2.62. The van der Waals surface area contributed by atoms with Crippen molar-refractivity contribution in [1.29, 1.82) is 0 Å². The Labute approximate surface area is 123 Å². The molecule has 0 saturated carbocycles. The van der Waals surface area contributed by atoms with Crippen LogP contribution in [0.2, 0.25) is 0 Å². The molecule has 3 N–H and O–H groups in total. The van der Waals surface area contributed by atoms with Crippen LogP contribution in [0.1, 0.15) is 5.56 Å². The fraction of sp³-hybridized carbons (Fsp3) is 0.176. The van der Waals surface area contributed by atoms with Crippen LogP contribution in [0, 0.1) is 6.92 Å². The van der Waals surface area contributed by atoms with Gasteiger partial charge in [-0.2, -0.15) is 0 Å². The van der Waals surface area contributed by atoms with Crippen molar-refractivity contribution in [2.75, 3.05) is 19.5 Å². The second-order valence-corrected chi connectivity index (χ2v) is 5.02. The number of hydrogen-bond acceptors (Lipinski definition) is 3. The van der Waals surface area contributed by atoms with Crippen molar-refractivity contribution in [3.8, 4) is 22.8 Å². The molecule has 4 nitrogen and oxygen atoms in total. The number of aryl methyl sites for hydroxylation is 1. The molecule has 0 aliphatic heterocycles. The van der Waals surface area contributed by atoms with Gasteiger partial charge >= 0.3 is 0 Å². The molecule has 0 radical (unpaired) electrons. The largest absolute Gasteiger partial charge is 0.506 e. The third kappa shape index (κ3) is 2.18. The lowest BCUT2D eigenvalue weighted by atomic mass is 10.1. The number of aromatic nitrogens is 1. The number of methoxy groups -OCH3 is 1. The molecule has 3 rings (SSSR count). The van der Waals surface area contributed by atoms with Crippen LogP contribution in [0.3, 0.4) is 0 Å². The van der Waals surface area contributed by atoms with Gasteiger partial charge in [0.05, 0.1) is 12.8 Å². The highest BCUT2D eigenvalue weighted by Gasteiger charge is 2.12. The molecule has 3 aromatic rings. The Morgan fingerprint density at radius 2 is 1.95 bits per heavy atom. The van der Waals surface area contributed by atoms with Gasteiger partial charge in [0.2, 0.25) is 0 Å². The molecule has 1 aromatic heterocycles. The van der Waals surface area contributed by atoms with Gasteiger partial charge in [-0.25, -0.2) is 0 Å². The highest BCUT2D eigenvalue weighted by atomic mass is 16.5. The summed E-state index contributed by atoms with van der Waals surface area (Å²) in [7, 11) is 3.46. The highest BCUT2D eigenvalue weighted by molar-refractivity contribution is 5.92. The van der Waals surface area contributed by atoms with Crippen molar-refractivity contribution >= 4 is 16.6 Å². The van der Waals surface area contributed by atoms with Crippen LogP contribution in [0.15, 0.2) is 36.4 Å². The molecule has 0 saturated heterocycles. The predicted octanol–water partition coefficient (Wildman–Crippen LogP) is 3.90. The molecule has 2 aromatic carbocycles. The summed E-state index contributed by atoms with van der Waals surface area (Å²) in [4.78, 5) is 3.44. The molecule has 21 heavy (non-hydrogen) atoms. The lowest BCUT2D eigenvalue weighted by molar-refractivity contribution is 0.415. The van der Waals surface area contributed by atoms with E-state index < -0.39 is 0 Å². The first-order valence-electron chi connectivity index (χ1n) is 6.81. The molecular formula is C17H18N2O2. The molecule has 0 atom stereocenters. The fourth-order valence-electron chi connectivity index (χ4n) is 2.61. The summed E-state index contributed by atoms with van der Waals surface area (Å²) in [5.74, 6) is 1.09. The van der Waals surface area contributed by atoms with Crippen LogP contribution < -0.4 is 10.1 Å². The van der Waals surface area contributed by atoms with Crippen molar-refractivity contribution < 1.29 is 9.84 Å². The molecule has 0 aliphatic rings. The number of aromatic amines is 1. The summed E-state index contributed by atoms with van der Waals surface area (Å²) in [6, 6.07) is 11.5. The lowest BCUT2D eigenvalue weighted by Gasteiger charge is -2.07. The SMILES string of the molecule is CNc1cc(-c2[nH]c3ccc(OC)cc3c2C)ccc1O. The first kappa shape index (κ1) is 13.4. The minimum Gasteiger partial charge on any atom is -0.506 e. The Morgan fingerprint density at radius 3 is 2.67 bits per heavy atom. The van der Waals surface area contributed by atoms with Gasteiger partial charge in [-0.1, -0.05) is 0 Å². The first-order valence-corrected chi connectivity index (χ1v) is 6.81. The molecule has 0 unspecified atom stereocenters. The average Bonchev–Trinajstić information content (AvgIpc) is 2.84. The van der Waals surface area contributed by atoms with E-state index in [1.165, 1.54) is 0 Å². The van der Waals surface area contributed by atoms with E-state index in [1.54, 1.807) is 20.2 Å². The van der Waals surface area contributed by atoms with Crippen molar-refractivity contribution in [3.63, 3.8) is 0 Å². The monoisotopic (exact) mass is 282 g/mol. The number of anilines is 1. The number of nitrogens with one attached hydrogen (secondary N) is 2. The Morgan fingerprint density at radius 1 is 1.14 bits per heavy atom. The zero-order valence-electron chi connectivity index (χ0n) is 12.3. The van der Waals surface area contributed by atoms with Crippen molar-refractivity contribution in [2.45, 2.75) is 6.92 Å². The zero-order chi connectivity index (χ0) is 15.0. The van der Waals surface area contributed by atoms with Gasteiger partial charge in [0.1, 0.15) is 11.5 Å². The van der Waals surface area contributed by atoms with Crippen LogP contribution in [0.25, 0.3) is 22.2 Å². The smallest absolute Gasteiger partial charge is 0.138 e. The molecule has 0 spiro atoms. The average molecular weight is 282 g/mol. The lowest BCUT2D eigenvalue weighted by Crippen LogP contribution is -1.90. The molecule has 0 bridgehead atoms. The number of phenols is 1. The van der Waals surface area contributed by atoms with Gasteiger partial charge in [-0.15, -0.1) is 0 Å². The molecule has 1 heterocycles. The predicted molar refractivity (Wildman–Crippen MR) is 86.2 cm³/mol. The van der Waals surface area contributed by atoms with Crippen LogP contribution in [-0.4, -0.2) is 24.2 Å². The summed E-state index contributed by atoms with van der Waals surface area (Å²) >= 11 is 0. The maximum atomic E-state index is 9.77. The van der Waals surface area contributed by atoms with Crippen LogP contribution in [-0.2, 0) is 0 Å². The van der Waals surface area contributed by atoms with Crippen LogP contribution in [0.4, 0.5) is 5.69 Å². The first-order chi connectivity index (χ1) is 10.1. The standard InChI is InChI=1S/C17H18N2O2/c1-10-13-9-12(21-3)5-6-14(13)19-17(10)11-4-7-16(20)15(8-11)18-2/h4-9,18-20H,1-3H3. The summed E-state index contributed by atoms with van der Waals surface area (Å²) in [5.41, 5.74) is 5.03. The van der Waals surface area contributed by atoms with E-state index >= 15 is 0 Å². The van der Waals surface area contributed by atoms with Gasteiger partial charge in [-0.3, -0.25) is 0 Å². The minimum absolute atomic E-state index is 0.247. The number of fused-ring (bicyclic) bond motifs is 1. The Bertz CT molecular complexity index is 806. The van der Waals surface area contributed by atoms with E-state index in [0.717, 1.165) is 33.5 Å². The van der Waals surface area contributed by atoms with Crippen molar-refractivity contribution in [3.05, 3.63) is 42.0 Å². The number of H-pyrrole nitrogens is 1. The number of ether oxygens (including phenoxy) is 1. The second kappa shape index (κ2) is 5.05. The van der Waals surface area contributed by atoms with Crippen LogP contribution >= 0.6 is 0 Å². The van der Waals surface area contributed by atoms with E-state index in [1.807, 2.05) is 30.3 Å². The maximum Gasteiger partial charge on any atom is 0.138 e. The third-order valence-corrected chi connectivity index (χ3v) is 3.82. The number of phenolic OH excluding ortho intramolecular Hbond substituents is 1. The maximum absolute atomic E-state index is 9.77. The third-order valence-electron chi connectivity index (χ3n) is 3.82. The quantitative estimate of drug-likeness (QED) is 0.639. The molecule has 108 valence electrons. The Balaban J connectivity index is 2.18. The Kier molecular flexibility index (Phi) is 3.22. The normalized spacial score (nSPS) is 10.8. The van der Waals surface area contributed by atoms with Crippen LogP contribution in [0.5, 0.6) is 11.5 Å². The fourth-order valence-corrected chi connectivity index (χ4v) is 2.61. The molecule has 0 amide bonds. The zero-order valence-corrected chi connectivity index (χ0v) is 12.3. The van der Waals surface area contributed by atoms with Gasteiger partial charge < -0.3 is 20.1 Å². The van der Waals surface area contributed by atoms with Gasteiger partial charge in [0, 0.05) is 29.2 Å². The summed E-state index contributed by atoms with van der Waals surface area (Å²) in [6.45, 7) is 2.08. The topological polar surface area (TPSA) is 57.3 Å². The highest BCUT2D eigenvalue weighted by Crippen LogP contribution is 2.34. The van der Waals surface area contributed by atoms with E-state index in [9.17, 15) is 5.11 Å². The van der Waals surface area contributed by atoms with Crippen molar-refractivity contribution in [2.24, 2.45) is 0 Å². The van der Waals surface area contributed by atoms with Gasteiger partial charge in [0.15, 0.2) is 0 Å². The van der Waals surface area contributed by atoms with E-state index in [4.69, 9.17) is 4.74 Å². The molecule has 0 fully saturated rings. The molecular weight excluding hydrogens is 264 g/mol. The number of rotatable bonds is 3. The molecule has 4 heteroatoms. The number of benzene rings is 2. The summed E-state index contributed by atoms with van der Waals surface area (Å²) in [5, 5.41) is 13.9. The molecule has 0 aliphatic carbocycles. The minimum atomic E-state index is 0.247. The number of aromatic hydroxyl groups is 1. The summed E-state index contributed by atoms with van der Waals surface area (Å²) < 4.78 is 5.29. The summed E-state index contributed by atoms with van der Waals surface area (Å²) in [6.07, 6.45) is 0. The van der Waals surface area contributed by atoms with Crippen molar-refractivity contribution in [1.82, 2.24) is 4.98 Å². The van der Waals surface area contributed by atoms with Gasteiger partial charge in [0.25, 0.3) is 0 Å². The van der Waals surface area contributed by atoms with E-state index in [-0.39, 0.29) is 5.75 Å². The van der Waals surface area contributed by atoms with E-state index in [2.05, 4.69) is 17.2 Å². The second-order valence-electron chi connectivity index (χ2n) is 5.02. The number of hydrogen-bond donors (Lipinski definition) is 3. The van der Waals surface area contributed by atoms with Gasteiger partial charge in [-0.05, 0) is 48.9 Å².